The first-order valence-electron chi connectivity index (χ1n) is 5.67. The predicted molar refractivity (Wildman–Crippen MR) is 69.6 cm³/mol. The zero-order valence-corrected chi connectivity index (χ0v) is 10.8. The number of carbonyl (C=O) groups excluding carboxylic acids is 1. The van der Waals surface area contributed by atoms with Gasteiger partial charge < -0.3 is 20.5 Å². The number of nitrogens with zero attached hydrogens (tertiary/aromatic N) is 1. The SMILES string of the molecule is NC(=O)c1ccc(N2CCOC(C(=O)O)C2)c(Cl)c1. The highest BCUT2D eigenvalue weighted by Crippen LogP contribution is 2.28. The Morgan fingerprint density at radius 1 is 1.47 bits per heavy atom. The van der Waals surface area contributed by atoms with Gasteiger partial charge in [0, 0.05) is 12.1 Å². The van der Waals surface area contributed by atoms with Gasteiger partial charge in [0.1, 0.15) is 0 Å². The Bertz CT molecular complexity index is 520. The summed E-state index contributed by atoms with van der Waals surface area (Å²) in [5.74, 6) is -1.56. The van der Waals surface area contributed by atoms with Gasteiger partial charge in [-0.25, -0.2) is 4.79 Å². The molecule has 1 amide bonds. The number of hydrogen-bond acceptors (Lipinski definition) is 4. The highest BCUT2D eigenvalue weighted by Gasteiger charge is 2.27. The number of hydrogen-bond donors (Lipinski definition) is 2. The van der Waals surface area contributed by atoms with Crippen LogP contribution in [-0.4, -0.2) is 42.8 Å². The summed E-state index contributed by atoms with van der Waals surface area (Å²) >= 11 is 6.10. The Labute approximate surface area is 114 Å². The van der Waals surface area contributed by atoms with Gasteiger partial charge in [-0.05, 0) is 18.2 Å². The molecule has 1 atom stereocenters. The molecule has 1 unspecified atom stereocenters. The van der Waals surface area contributed by atoms with E-state index in [1.54, 1.807) is 12.1 Å². The number of benzene rings is 1. The molecule has 3 N–H and O–H groups in total. The quantitative estimate of drug-likeness (QED) is 0.853. The largest absolute Gasteiger partial charge is 0.479 e. The fraction of sp³-hybridized carbons (Fsp3) is 0.333. The molecule has 6 nitrogen and oxygen atoms in total. The van der Waals surface area contributed by atoms with Crippen LogP contribution in [-0.2, 0) is 9.53 Å². The lowest BCUT2D eigenvalue weighted by molar-refractivity contribution is -0.150. The van der Waals surface area contributed by atoms with Crippen LogP contribution in [0.1, 0.15) is 10.4 Å². The summed E-state index contributed by atoms with van der Waals surface area (Å²) in [5.41, 5.74) is 6.15. The van der Waals surface area contributed by atoms with E-state index in [0.717, 1.165) is 0 Å². The summed E-state index contributed by atoms with van der Waals surface area (Å²) in [6.07, 6.45) is -0.874. The van der Waals surface area contributed by atoms with Crippen LogP contribution < -0.4 is 10.6 Å². The van der Waals surface area contributed by atoms with Crippen LogP contribution in [0.2, 0.25) is 5.02 Å². The lowest BCUT2D eigenvalue weighted by atomic mass is 10.1. The molecule has 1 fully saturated rings. The average Bonchev–Trinajstić information content (AvgIpc) is 2.38. The normalized spacial score (nSPS) is 19.2. The van der Waals surface area contributed by atoms with E-state index in [-0.39, 0.29) is 6.54 Å². The van der Waals surface area contributed by atoms with Crippen LogP contribution in [0.3, 0.4) is 0 Å². The Morgan fingerprint density at radius 2 is 2.21 bits per heavy atom. The molecule has 0 saturated carbocycles. The van der Waals surface area contributed by atoms with Gasteiger partial charge in [-0.2, -0.15) is 0 Å². The number of amides is 1. The molecule has 0 aliphatic carbocycles. The summed E-state index contributed by atoms with van der Waals surface area (Å²) in [6.45, 7) is 1.06. The van der Waals surface area contributed by atoms with Gasteiger partial charge in [-0.1, -0.05) is 11.6 Å². The molecule has 1 aliphatic rings. The van der Waals surface area contributed by atoms with Crippen molar-refractivity contribution in [1.29, 1.82) is 0 Å². The molecule has 2 rings (SSSR count). The maximum atomic E-state index is 11.0. The third kappa shape index (κ3) is 2.97. The average molecular weight is 285 g/mol. The van der Waals surface area contributed by atoms with Gasteiger partial charge in [-0.15, -0.1) is 0 Å². The number of anilines is 1. The molecule has 0 bridgehead atoms. The van der Waals surface area contributed by atoms with Crippen molar-refractivity contribution in [2.75, 3.05) is 24.6 Å². The summed E-state index contributed by atoms with van der Waals surface area (Å²) < 4.78 is 5.13. The highest BCUT2D eigenvalue weighted by atomic mass is 35.5. The summed E-state index contributed by atoms with van der Waals surface area (Å²) in [4.78, 5) is 23.8. The van der Waals surface area contributed by atoms with E-state index in [1.807, 2.05) is 4.90 Å². The number of carboxylic acids is 1. The van der Waals surface area contributed by atoms with Crippen LogP contribution in [0, 0.1) is 0 Å². The fourth-order valence-electron chi connectivity index (χ4n) is 1.93. The van der Waals surface area contributed by atoms with Crippen molar-refractivity contribution in [3.8, 4) is 0 Å². The van der Waals surface area contributed by atoms with Crippen molar-refractivity contribution in [2.24, 2.45) is 5.73 Å². The smallest absolute Gasteiger partial charge is 0.334 e. The topological polar surface area (TPSA) is 92.9 Å². The minimum atomic E-state index is -1.01. The molecule has 7 heteroatoms. The first kappa shape index (κ1) is 13.6. The Balaban J connectivity index is 2.22. The van der Waals surface area contributed by atoms with E-state index in [9.17, 15) is 9.59 Å². The van der Waals surface area contributed by atoms with Crippen molar-refractivity contribution >= 4 is 29.2 Å². The zero-order chi connectivity index (χ0) is 14.0. The Morgan fingerprint density at radius 3 is 2.79 bits per heavy atom. The third-order valence-corrected chi connectivity index (χ3v) is 3.22. The molecule has 1 heterocycles. The van der Waals surface area contributed by atoms with E-state index in [1.165, 1.54) is 6.07 Å². The second-order valence-electron chi connectivity index (χ2n) is 4.17. The van der Waals surface area contributed by atoms with Crippen molar-refractivity contribution in [2.45, 2.75) is 6.10 Å². The van der Waals surface area contributed by atoms with Crippen molar-refractivity contribution in [1.82, 2.24) is 0 Å². The number of nitrogens with two attached hydrogens (primary N) is 1. The van der Waals surface area contributed by atoms with Crippen molar-refractivity contribution in [3.05, 3.63) is 28.8 Å². The number of morpholine rings is 1. The fourth-order valence-corrected chi connectivity index (χ4v) is 2.23. The van der Waals surface area contributed by atoms with Gasteiger partial charge in [0.05, 0.1) is 23.9 Å². The number of primary amides is 1. The molecule has 1 aromatic rings. The molecule has 102 valence electrons. The summed E-state index contributed by atoms with van der Waals surface area (Å²) in [6, 6.07) is 4.70. The number of rotatable bonds is 3. The molecule has 1 aliphatic heterocycles. The van der Waals surface area contributed by atoms with E-state index < -0.39 is 18.0 Å². The number of halogens is 1. The van der Waals surface area contributed by atoms with E-state index in [0.29, 0.717) is 29.4 Å². The minimum absolute atomic E-state index is 0.213. The van der Waals surface area contributed by atoms with Gasteiger partial charge in [0.15, 0.2) is 6.10 Å². The number of ether oxygens (including phenoxy) is 1. The molecule has 0 radical (unpaired) electrons. The van der Waals surface area contributed by atoms with E-state index >= 15 is 0 Å². The number of aliphatic carboxylic acids is 1. The lowest BCUT2D eigenvalue weighted by Gasteiger charge is -2.33. The standard InChI is InChI=1S/C12H13ClN2O4/c13-8-5-7(11(14)16)1-2-9(8)15-3-4-19-10(6-15)12(17)18/h1-2,5,10H,3-4,6H2,(H2,14,16)(H,17,18). The van der Waals surface area contributed by atoms with Crippen LogP contribution in [0.5, 0.6) is 0 Å². The van der Waals surface area contributed by atoms with Crippen molar-refractivity contribution in [3.63, 3.8) is 0 Å². The maximum absolute atomic E-state index is 11.0. The molecule has 1 saturated heterocycles. The van der Waals surface area contributed by atoms with Crippen LogP contribution in [0.15, 0.2) is 18.2 Å². The van der Waals surface area contributed by atoms with E-state index in [4.69, 9.17) is 27.2 Å². The summed E-state index contributed by atoms with van der Waals surface area (Å²) in [7, 11) is 0. The van der Waals surface area contributed by atoms with E-state index in [2.05, 4.69) is 0 Å². The second kappa shape index (κ2) is 5.46. The molecule has 1 aromatic carbocycles. The monoisotopic (exact) mass is 284 g/mol. The van der Waals surface area contributed by atoms with Gasteiger partial charge in [0.2, 0.25) is 5.91 Å². The van der Waals surface area contributed by atoms with Crippen LogP contribution in [0.4, 0.5) is 5.69 Å². The molecule has 19 heavy (non-hydrogen) atoms. The first-order valence-corrected chi connectivity index (χ1v) is 6.05. The van der Waals surface area contributed by atoms with Crippen LogP contribution >= 0.6 is 11.6 Å². The highest BCUT2D eigenvalue weighted by molar-refractivity contribution is 6.33. The lowest BCUT2D eigenvalue weighted by Crippen LogP contribution is -2.46. The molecular formula is C12H13ClN2O4. The molecule has 0 spiro atoms. The van der Waals surface area contributed by atoms with Gasteiger partial charge in [0.25, 0.3) is 0 Å². The Kier molecular flexibility index (Phi) is 3.92. The molecule has 0 aromatic heterocycles. The van der Waals surface area contributed by atoms with Crippen molar-refractivity contribution < 1.29 is 19.4 Å². The Hall–Kier alpha value is -1.79. The van der Waals surface area contributed by atoms with Crippen LogP contribution in [0.25, 0.3) is 0 Å². The molecular weight excluding hydrogens is 272 g/mol. The maximum Gasteiger partial charge on any atom is 0.334 e. The number of carboxylic acid groups (broad SMARTS) is 1. The second-order valence-corrected chi connectivity index (χ2v) is 4.58. The minimum Gasteiger partial charge on any atom is -0.479 e. The predicted octanol–water partition coefficient (Wildman–Crippen LogP) is 0.729. The zero-order valence-electron chi connectivity index (χ0n) is 10.0. The van der Waals surface area contributed by atoms with Gasteiger partial charge in [-0.3, -0.25) is 4.79 Å². The third-order valence-electron chi connectivity index (χ3n) is 2.91. The van der Waals surface area contributed by atoms with Gasteiger partial charge >= 0.3 is 5.97 Å². The summed E-state index contributed by atoms with van der Waals surface area (Å²) in [5, 5.41) is 9.31. The number of carbonyl (C=O) groups is 2. The first-order chi connectivity index (χ1) is 8.99.